The Kier molecular flexibility index (Phi) is 4.01. The van der Waals surface area contributed by atoms with Gasteiger partial charge in [0, 0.05) is 13.1 Å². The van der Waals surface area contributed by atoms with E-state index in [1.54, 1.807) is 6.92 Å². The first-order chi connectivity index (χ1) is 7.38. The van der Waals surface area contributed by atoms with Crippen molar-refractivity contribution >= 4 is 26.0 Å². The van der Waals surface area contributed by atoms with Crippen LogP contribution in [0, 0.1) is 11.3 Å². The molecule has 0 aromatic carbocycles. The highest BCUT2D eigenvalue weighted by molar-refractivity contribution is 9.10. The zero-order chi connectivity index (χ0) is 12.3. The summed E-state index contributed by atoms with van der Waals surface area (Å²) in [6, 6.07) is 1.43. The minimum Gasteiger partial charge on any atom is -0.235 e. The lowest BCUT2D eigenvalue weighted by Crippen LogP contribution is -2.33. The second-order valence-corrected chi connectivity index (χ2v) is 5.57. The maximum atomic E-state index is 11.9. The third-order valence-electron chi connectivity index (χ3n) is 1.75. The highest BCUT2D eigenvalue weighted by Gasteiger charge is 2.25. The first-order valence-electron chi connectivity index (χ1n) is 4.33. The largest absolute Gasteiger partial charge is 0.260 e. The molecule has 1 rings (SSSR count). The quantitative estimate of drug-likeness (QED) is 0.854. The third-order valence-corrected chi connectivity index (χ3v) is 4.22. The van der Waals surface area contributed by atoms with Crippen molar-refractivity contribution in [2.24, 2.45) is 7.05 Å². The number of aryl methyl sites for hydroxylation is 1. The minimum atomic E-state index is -3.71. The van der Waals surface area contributed by atoms with Crippen LogP contribution in [0.25, 0.3) is 0 Å². The number of rotatable bonds is 4. The number of hydrogen-bond donors (Lipinski definition) is 1. The minimum absolute atomic E-state index is 0.0581. The molecule has 1 atom stereocenters. The molecule has 0 amide bonds. The molecule has 0 radical (unpaired) electrons. The number of aromatic nitrogens is 3. The summed E-state index contributed by atoms with van der Waals surface area (Å²) in [5, 5.41) is 15.5. The maximum Gasteiger partial charge on any atom is 0.260 e. The topological polar surface area (TPSA) is 101 Å². The van der Waals surface area contributed by atoms with E-state index in [9.17, 15) is 8.42 Å². The number of halogens is 1. The Bertz CT molecular complexity index is 498. The summed E-state index contributed by atoms with van der Waals surface area (Å²) >= 11 is 3.00. The molecule has 0 spiro atoms. The van der Waals surface area contributed by atoms with Gasteiger partial charge in [-0.25, -0.2) is 17.8 Å². The molecule has 0 saturated carbocycles. The fourth-order valence-corrected chi connectivity index (χ4v) is 3.45. The average Bonchev–Trinajstić information content (AvgIpc) is 2.45. The molecule has 1 aromatic heterocycles. The molecule has 0 aliphatic rings. The molecule has 7 nitrogen and oxygen atoms in total. The van der Waals surface area contributed by atoms with Gasteiger partial charge < -0.3 is 0 Å². The summed E-state index contributed by atoms with van der Waals surface area (Å²) in [7, 11) is -2.24. The molecule has 88 valence electrons. The third kappa shape index (κ3) is 2.78. The molecule has 0 aliphatic heterocycles. The zero-order valence-corrected chi connectivity index (χ0v) is 11.1. The normalized spacial score (nSPS) is 13.4. The highest BCUT2D eigenvalue weighted by Crippen LogP contribution is 2.17. The molecule has 0 bridgehead atoms. The van der Waals surface area contributed by atoms with Crippen LogP contribution in [0.4, 0.5) is 0 Å². The number of nitriles is 1. The molecule has 0 fully saturated rings. The van der Waals surface area contributed by atoms with Gasteiger partial charge in [0.15, 0.2) is 4.60 Å². The SMILES string of the molecule is CC(CC#N)NS(=O)(=O)c1c(Br)nnn1C. The van der Waals surface area contributed by atoms with Gasteiger partial charge in [0.1, 0.15) is 0 Å². The van der Waals surface area contributed by atoms with Crippen molar-refractivity contribution in [3.05, 3.63) is 4.60 Å². The number of nitrogens with zero attached hydrogens (tertiary/aromatic N) is 4. The molecule has 9 heteroatoms. The molecule has 1 heterocycles. The van der Waals surface area contributed by atoms with E-state index >= 15 is 0 Å². The predicted molar refractivity (Wildman–Crippen MR) is 58.7 cm³/mol. The Morgan fingerprint density at radius 2 is 2.31 bits per heavy atom. The summed E-state index contributed by atoms with van der Waals surface area (Å²) in [5.74, 6) is 0. The van der Waals surface area contributed by atoms with E-state index in [-0.39, 0.29) is 16.0 Å². The van der Waals surface area contributed by atoms with E-state index in [2.05, 4.69) is 31.0 Å². The van der Waals surface area contributed by atoms with Crippen LogP contribution in [0.15, 0.2) is 9.63 Å². The fraction of sp³-hybridized carbons (Fsp3) is 0.571. The van der Waals surface area contributed by atoms with Crippen molar-refractivity contribution in [2.75, 3.05) is 0 Å². The van der Waals surface area contributed by atoms with Gasteiger partial charge in [-0.2, -0.15) is 5.26 Å². The van der Waals surface area contributed by atoms with Gasteiger partial charge in [-0.1, -0.05) is 5.21 Å². The van der Waals surface area contributed by atoms with Crippen LogP contribution in [-0.4, -0.2) is 29.5 Å². The van der Waals surface area contributed by atoms with E-state index in [4.69, 9.17) is 5.26 Å². The lowest BCUT2D eigenvalue weighted by Gasteiger charge is -2.10. The van der Waals surface area contributed by atoms with Crippen molar-refractivity contribution < 1.29 is 8.42 Å². The van der Waals surface area contributed by atoms with E-state index in [1.807, 2.05) is 6.07 Å². The number of nitrogens with one attached hydrogen (secondary N) is 1. The van der Waals surface area contributed by atoms with E-state index in [0.717, 1.165) is 4.68 Å². The first-order valence-corrected chi connectivity index (χ1v) is 6.60. The number of hydrogen-bond acceptors (Lipinski definition) is 5. The summed E-state index contributed by atoms with van der Waals surface area (Å²) < 4.78 is 27.4. The van der Waals surface area contributed by atoms with Gasteiger partial charge in [0.2, 0.25) is 5.03 Å². The zero-order valence-electron chi connectivity index (χ0n) is 8.68. The van der Waals surface area contributed by atoms with Gasteiger partial charge in [-0.15, -0.1) is 5.10 Å². The van der Waals surface area contributed by atoms with Gasteiger partial charge in [-0.05, 0) is 22.9 Å². The van der Waals surface area contributed by atoms with E-state index in [0.29, 0.717) is 0 Å². The van der Waals surface area contributed by atoms with Crippen LogP contribution in [0.5, 0.6) is 0 Å². The summed E-state index contributed by atoms with van der Waals surface area (Å²) in [4.78, 5) is 0. The predicted octanol–water partition coefficient (Wildman–Crippen LogP) is 0.158. The van der Waals surface area contributed by atoms with Gasteiger partial charge >= 0.3 is 0 Å². The van der Waals surface area contributed by atoms with Crippen LogP contribution in [0.2, 0.25) is 0 Å². The Balaban J connectivity index is 3.00. The molecule has 1 unspecified atom stereocenters. The van der Waals surface area contributed by atoms with Gasteiger partial charge in [0.25, 0.3) is 10.0 Å². The standard InChI is InChI=1S/C7H10BrN5O2S/c1-5(3-4-9)11-16(14,15)7-6(8)10-12-13(7)2/h5,11H,3H2,1-2H3. The van der Waals surface area contributed by atoms with Crippen molar-refractivity contribution in [3.63, 3.8) is 0 Å². The van der Waals surface area contributed by atoms with E-state index < -0.39 is 16.1 Å². The Morgan fingerprint density at radius 3 is 2.75 bits per heavy atom. The molecular formula is C7H10BrN5O2S. The van der Waals surface area contributed by atoms with Crippen LogP contribution >= 0.6 is 15.9 Å². The van der Waals surface area contributed by atoms with Crippen molar-refractivity contribution in [2.45, 2.75) is 24.4 Å². The summed E-state index contributed by atoms with van der Waals surface area (Å²) in [6.45, 7) is 1.61. The van der Waals surface area contributed by atoms with Crippen molar-refractivity contribution in [3.8, 4) is 6.07 Å². The average molecular weight is 308 g/mol. The van der Waals surface area contributed by atoms with Crippen molar-refractivity contribution in [1.29, 1.82) is 5.26 Å². The number of sulfonamides is 1. The van der Waals surface area contributed by atoms with Crippen molar-refractivity contribution in [1.82, 2.24) is 19.7 Å². The Hall–Kier alpha value is -0.980. The molecule has 0 saturated heterocycles. The van der Waals surface area contributed by atoms with Gasteiger partial charge in [-0.3, -0.25) is 0 Å². The maximum absolute atomic E-state index is 11.9. The van der Waals surface area contributed by atoms with E-state index in [1.165, 1.54) is 7.05 Å². The smallest absolute Gasteiger partial charge is 0.235 e. The highest BCUT2D eigenvalue weighted by atomic mass is 79.9. The fourth-order valence-electron chi connectivity index (χ4n) is 1.11. The van der Waals surface area contributed by atoms with Crippen LogP contribution in [0.3, 0.4) is 0 Å². The molecule has 1 aromatic rings. The summed E-state index contributed by atoms with van der Waals surface area (Å²) in [6.07, 6.45) is 0.0993. The van der Waals surface area contributed by atoms with Crippen LogP contribution in [-0.2, 0) is 17.1 Å². The second kappa shape index (κ2) is 4.90. The Labute approximate surface area is 102 Å². The lowest BCUT2D eigenvalue weighted by molar-refractivity contribution is 0.545. The Morgan fingerprint density at radius 1 is 1.69 bits per heavy atom. The second-order valence-electron chi connectivity index (χ2n) is 3.19. The summed E-state index contributed by atoms with van der Waals surface area (Å²) in [5.41, 5.74) is 0. The first kappa shape index (κ1) is 13.1. The molecule has 16 heavy (non-hydrogen) atoms. The molecule has 1 N–H and O–H groups in total. The lowest BCUT2D eigenvalue weighted by atomic mass is 10.3. The van der Waals surface area contributed by atoms with Gasteiger partial charge in [0.05, 0.1) is 12.5 Å². The monoisotopic (exact) mass is 307 g/mol. The molecule has 0 aliphatic carbocycles. The van der Waals surface area contributed by atoms with Crippen LogP contribution < -0.4 is 4.72 Å². The van der Waals surface area contributed by atoms with Crippen LogP contribution in [0.1, 0.15) is 13.3 Å². The molecular weight excluding hydrogens is 298 g/mol.